The van der Waals surface area contributed by atoms with Gasteiger partial charge in [0.15, 0.2) is 0 Å². The highest BCUT2D eigenvalue weighted by Crippen LogP contribution is 2.15. The molecular formula is C14H11FN4O2S. The molecular weight excluding hydrogens is 307 g/mol. The summed E-state index contributed by atoms with van der Waals surface area (Å²) in [5.74, 6) is -1.11. The van der Waals surface area contributed by atoms with Crippen LogP contribution in [-0.4, -0.2) is 20.7 Å². The van der Waals surface area contributed by atoms with Gasteiger partial charge < -0.3 is 4.57 Å². The Morgan fingerprint density at radius 1 is 1.45 bits per heavy atom. The van der Waals surface area contributed by atoms with Crippen molar-refractivity contribution in [2.45, 2.75) is 13.5 Å². The highest BCUT2D eigenvalue weighted by atomic mass is 32.1. The first kappa shape index (κ1) is 14.3. The van der Waals surface area contributed by atoms with E-state index in [1.807, 2.05) is 6.92 Å². The number of hydrogen-bond acceptors (Lipinski definition) is 5. The molecule has 1 N–H and O–H groups in total. The molecule has 0 radical (unpaired) electrons. The first-order chi connectivity index (χ1) is 10.6. The molecule has 2 heterocycles. The van der Waals surface area contributed by atoms with Gasteiger partial charge in [-0.25, -0.2) is 4.39 Å². The number of rotatable bonds is 3. The second-order valence-corrected chi connectivity index (χ2v) is 5.35. The number of hydrogen-bond donors (Lipinski definition) is 1. The number of fused-ring (bicyclic) bond motifs is 1. The summed E-state index contributed by atoms with van der Waals surface area (Å²) in [5.41, 5.74) is 1.48. The Morgan fingerprint density at radius 3 is 2.95 bits per heavy atom. The fraction of sp³-hybridized carbons (Fsp3) is 0.143. The van der Waals surface area contributed by atoms with Gasteiger partial charge in [0.05, 0.1) is 5.52 Å². The van der Waals surface area contributed by atoms with Crippen LogP contribution in [0, 0.1) is 5.82 Å². The highest BCUT2D eigenvalue weighted by molar-refractivity contribution is 7.13. The quantitative estimate of drug-likeness (QED) is 0.803. The summed E-state index contributed by atoms with van der Waals surface area (Å²) < 4.78 is 15.2. The Morgan fingerprint density at radius 2 is 2.27 bits per heavy atom. The molecule has 2 aromatic heterocycles. The minimum atomic E-state index is -0.588. The minimum Gasteiger partial charge on any atom is -0.347 e. The first-order valence-corrected chi connectivity index (χ1v) is 7.38. The summed E-state index contributed by atoms with van der Waals surface area (Å²) in [4.78, 5) is 24.7. The number of amides is 1. The highest BCUT2D eigenvalue weighted by Gasteiger charge is 2.16. The van der Waals surface area contributed by atoms with Crippen molar-refractivity contribution in [2.75, 3.05) is 5.32 Å². The molecule has 1 amide bonds. The molecule has 0 aliphatic heterocycles. The van der Waals surface area contributed by atoms with Crippen molar-refractivity contribution in [3.63, 3.8) is 0 Å². The number of aryl methyl sites for hydroxylation is 1. The molecule has 0 atom stereocenters. The summed E-state index contributed by atoms with van der Waals surface area (Å²) in [6.45, 7) is 2.42. The van der Waals surface area contributed by atoms with Crippen molar-refractivity contribution in [2.24, 2.45) is 0 Å². The summed E-state index contributed by atoms with van der Waals surface area (Å²) in [6.07, 6.45) is 1.47. The van der Waals surface area contributed by atoms with Crippen LogP contribution in [0.4, 0.5) is 9.52 Å². The van der Waals surface area contributed by atoms with E-state index in [0.29, 0.717) is 17.2 Å². The largest absolute Gasteiger partial charge is 0.347 e. The number of benzene rings is 1. The number of nitrogens with zero attached hydrogens (tertiary/aromatic N) is 3. The standard InChI is InChI=1S/C14H11FN4O2S/c1-2-19-6-10(13(21)17-14-18-16-7-22-14)12(20)9-5-8(15)3-4-11(9)19/h3-7H,2H2,1H3,(H,17,18,21). The van der Waals surface area contributed by atoms with Crippen molar-refractivity contribution in [3.8, 4) is 0 Å². The lowest BCUT2D eigenvalue weighted by Crippen LogP contribution is -2.24. The van der Waals surface area contributed by atoms with E-state index in [-0.39, 0.29) is 10.9 Å². The Bertz CT molecular complexity index is 905. The molecule has 0 aliphatic rings. The van der Waals surface area contributed by atoms with Gasteiger partial charge in [-0.3, -0.25) is 14.9 Å². The van der Waals surface area contributed by atoms with E-state index in [1.165, 1.54) is 23.8 Å². The normalized spacial score (nSPS) is 10.8. The van der Waals surface area contributed by atoms with Crippen LogP contribution in [0.2, 0.25) is 0 Å². The van der Waals surface area contributed by atoms with Crippen molar-refractivity contribution in [1.82, 2.24) is 14.8 Å². The van der Waals surface area contributed by atoms with Gasteiger partial charge in [0.2, 0.25) is 10.6 Å². The topological polar surface area (TPSA) is 76.9 Å². The van der Waals surface area contributed by atoms with Crippen LogP contribution >= 0.6 is 11.3 Å². The smallest absolute Gasteiger partial charge is 0.262 e. The van der Waals surface area contributed by atoms with E-state index in [0.717, 1.165) is 17.4 Å². The Hall–Kier alpha value is -2.61. The fourth-order valence-corrected chi connectivity index (χ4v) is 2.63. The lowest BCUT2D eigenvalue weighted by Gasteiger charge is -2.11. The maximum atomic E-state index is 13.4. The molecule has 0 spiro atoms. The lowest BCUT2D eigenvalue weighted by atomic mass is 10.1. The average molecular weight is 318 g/mol. The van der Waals surface area contributed by atoms with Gasteiger partial charge in [-0.1, -0.05) is 11.3 Å². The molecule has 22 heavy (non-hydrogen) atoms. The molecule has 0 saturated carbocycles. The number of pyridine rings is 1. The summed E-state index contributed by atoms with van der Waals surface area (Å²) >= 11 is 1.14. The van der Waals surface area contributed by atoms with Crippen LogP contribution in [-0.2, 0) is 6.54 Å². The predicted molar refractivity (Wildman–Crippen MR) is 81.7 cm³/mol. The fourth-order valence-electron chi connectivity index (χ4n) is 2.19. The maximum Gasteiger partial charge on any atom is 0.262 e. The number of halogens is 1. The molecule has 0 aliphatic carbocycles. The summed E-state index contributed by atoms with van der Waals surface area (Å²) in [5, 5.41) is 10.3. The number of carbonyl (C=O) groups is 1. The van der Waals surface area contributed by atoms with Crippen molar-refractivity contribution < 1.29 is 9.18 Å². The second kappa shape index (κ2) is 5.64. The van der Waals surface area contributed by atoms with E-state index in [4.69, 9.17) is 0 Å². The maximum absolute atomic E-state index is 13.4. The van der Waals surface area contributed by atoms with Crippen molar-refractivity contribution >= 4 is 33.3 Å². The van der Waals surface area contributed by atoms with Crippen molar-refractivity contribution in [1.29, 1.82) is 0 Å². The molecule has 112 valence electrons. The zero-order chi connectivity index (χ0) is 15.7. The first-order valence-electron chi connectivity index (χ1n) is 6.50. The molecule has 3 rings (SSSR count). The van der Waals surface area contributed by atoms with Gasteiger partial charge in [0, 0.05) is 18.1 Å². The molecule has 6 nitrogen and oxygen atoms in total. The number of carbonyl (C=O) groups excluding carboxylic acids is 1. The van der Waals surface area contributed by atoms with Gasteiger partial charge >= 0.3 is 0 Å². The molecule has 1 aromatic carbocycles. The minimum absolute atomic E-state index is 0.0600. The van der Waals surface area contributed by atoms with Crippen LogP contribution in [0.5, 0.6) is 0 Å². The molecule has 3 aromatic rings. The monoisotopic (exact) mass is 318 g/mol. The average Bonchev–Trinajstić information content (AvgIpc) is 3.01. The summed E-state index contributed by atoms with van der Waals surface area (Å²) in [6, 6.07) is 3.96. The Kier molecular flexibility index (Phi) is 3.68. The lowest BCUT2D eigenvalue weighted by molar-refractivity contribution is 0.102. The SMILES string of the molecule is CCn1cc(C(=O)Nc2nncs2)c(=O)c2cc(F)ccc21. The van der Waals surface area contributed by atoms with Crippen LogP contribution in [0.1, 0.15) is 17.3 Å². The van der Waals surface area contributed by atoms with Crippen LogP contribution in [0.3, 0.4) is 0 Å². The van der Waals surface area contributed by atoms with E-state index >= 15 is 0 Å². The van der Waals surface area contributed by atoms with Crippen LogP contribution in [0.25, 0.3) is 10.9 Å². The molecule has 0 saturated heterocycles. The molecule has 0 unspecified atom stereocenters. The molecule has 8 heteroatoms. The zero-order valence-electron chi connectivity index (χ0n) is 11.5. The van der Waals surface area contributed by atoms with Crippen molar-refractivity contribution in [3.05, 3.63) is 51.5 Å². The number of aromatic nitrogens is 3. The van der Waals surface area contributed by atoms with E-state index in [1.54, 1.807) is 4.57 Å². The number of nitrogens with one attached hydrogen (secondary N) is 1. The van der Waals surface area contributed by atoms with Crippen LogP contribution < -0.4 is 10.7 Å². The Balaban J connectivity index is 2.15. The van der Waals surface area contributed by atoms with E-state index < -0.39 is 17.2 Å². The van der Waals surface area contributed by atoms with Gasteiger partial charge in [0.1, 0.15) is 16.9 Å². The molecule has 0 bridgehead atoms. The summed E-state index contributed by atoms with van der Waals surface area (Å²) in [7, 11) is 0. The Labute approximate surface area is 128 Å². The van der Waals surface area contributed by atoms with Gasteiger partial charge in [0.25, 0.3) is 5.91 Å². The van der Waals surface area contributed by atoms with Gasteiger partial charge in [-0.2, -0.15) is 0 Å². The zero-order valence-corrected chi connectivity index (χ0v) is 12.4. The van der Waals surface area contributed by atoms with E-state index in [9.17, 15) is 14.0 Å². The second-order valence-electron chi connectivity index (χ2n) is 4.52. The third kappa shape index (κ3) is 2.48. The van der Waals surface area contributed by atoms with E-state index in [2.05, 4.69) is 15.5 Å². The van der Waals surface area contributed by atoms with Gasteiger partial charge in [-0.05, 0) is 25.1 Å². The third-order valence-electron chi connectivity index (χ3n) is 3.21. The predicted octanol–water partition coefficient (Wildman–Crippen LogP) is 2.26. The molecule has 0 fully saturated rings. The third-order valence-corrected chi connectivity index (χ3v) is 3.81. The van der Waals surface area contributed by atoms with Crippen LogP contribution in [0.15, 0.2) is 34.7 Å². The number of anilines is 1. The van der Waals surface area contributed by atoms with Gasteiger partial charge in [-0.15, -0.1) is 10.2 Å².